The number of likely N-dealkylation sites (tertiary alicyclic amines) is 1. The largest absolute Gasteiger partial charge is 0.342 e. The highest BCUT2D eigenvalue weighted by atomic mass is 16.2. The highest BCUT2D eigenvalue weighted by molar-refractivity contribution is 5.79. The van der Waals surface area contributed by atoms with E-state index in [0.717, 1.165) is 58.5 Å². The van der Waals surface area contributed by atoms with Gasteiger partial charge in [0.25, 0.3) is 0 Å². The molecule has 1 N–H and O–H groups in total. The molecule has 0 radical (unpaired) electrons. The lowest BCUT2D eigenvalue weighted by molar-refractivity contribution is -0.134. The minimum atomic E-state index is 0.0165. The summed E-state index contributed by atoms with van der Waals surface area (Å²) in [6, 6.07) is 0. The van der Waals surface area contributed by atoms with Gasteiger partial charge in [0.2, 0.25) is 11.8 Å². The number of nitrogens with one attached hydrogen (secondary N) is 1. The summed E-state index contributed by atoms with van der Waals surface area (Å²) < 4.78 is 0. The maximum absolute atomic E-state index is 12.4. The van der Waals surface area contributed by atoms with Crippen LogP contribution in [-0.4, -0.2) is 85.9 Å². The Balaban J connectivity index is 1.79. The highest BCUT2D eigenvalue weighted by Gasteiger charge is 2.25. The van der Waals surface area contributed by atoms with E-state index in [9.17, 15) is 9.59 Å². The third kappa shape index (κ3) is 4.68. The average Bonchev–Trinajstić information content (AvgIpc) is 2.95. The fraction of sp³-hybridized carbons (Fsp3) is 0.875. The van der Waals surface area contributed by atoms with E-state index in [2.05, 4.69) is 10.2 Å². The molecule has 0 spiro atoms. The van der Waals surface area contributed by atoms with Crippen LogP contribution >= 0.6 is 0 Å². The van der Waals surface area contributed by atoms with Crippen molar-refractivity contribution < 1.29 is 9.59 Å². The van der Waals surface area contributed by atoms with Gasteiger partial charge in [0.1, 0.15) is 0 Å². The van der Waals surface area contributed by atoms with E-state index in [1.165, 1.54) is 0 Å². The minimum absolute atomic E-state index is 0.0165. The van der Waals surface area contributed by atoms with Crippen LogP contribution in [0.2, 0.25) is 0 Å². The first-order valence-corrected chi connectivity index (χ1v) is 8.55. The van der Waals surface area contributed by atoms with Gasteiger partial charge in [0, 0.05) is 51.7 Å². The molecule has 0 aromatic heterocycles. The lowest BCUT2D eigenvalue weighted by Gasteiger charge is -2.25. The number of carbonyl (C=O) groups excluding carboxylic acids is 2. The van der Waals surface area contributed by atoms with Crippen molar-refractivity contribution in [3.63, 3.8) is 0 Å². The molecule has 0 bridgehead atoms. The molecule has 126 valence electrons. The van der Waals surface area contributed by atoms with Crippen molar-refractivity contribution in [2.75, 3.05) is 59.4 Å². The number of nitrogens with zero attached hydrogens (tertiary/aromatic N) is 3. The van der Waals surface area contributed by atoms with Gasteiger partial charge >= 0.3 is 0 Å². The molecule has 2 aliphatic heterocycles. The summed E-state index contributed by atoms with van der Waals surface area (Å²) in [5, 5.41) is 3.06. The van der Waals surface area contributed by atoms with Crippen LogP contribution in [0.25, 0.3) is 0 Å². The molecule has 0 aromatic carbocycles. The van der Waals surface area contributed by atoms with E-state index in [4.69, 9.17) is 0 Å². The number of hydrogen-bond acceptors (Lipinski definition) is 4. The summed E-state index contributed by atoms with van der Waals surface area (Å²) in [5.74, 6) is 0.491. The predicted molar refractivity (Wildman–Crippen MR) is 86.5 cm³/mol. The molecule has 0 aromatic rings. The Labute approximate surface area is 133 Å². The Morgan fingerprint density at radius 1 is 0.955 bits per heavy atom. The third-order valence-corrected chi connectivity index (χ3v) is 4.65. The van der Waals surface area contributed by atoms with Gasteiger partial charge in [-0.05, 0) is 26.3 Å². The Bertz CT molecular complexity index is 382. The summed E-state index contributed by atoms with van der Waals surface area (Å²) in [6.45, 7) is 8.28. The van der Waals surface area contributed by atoms with Crippen LogP contribution in [0.15, 0.2) is 0 Å². The van der Waals surface area contributed by atoms with Crippen molar-refractivity contribution >= 4 is 11.8 Å². The molecule has 2 amide bonds. The first kappa shape index (κ1) is 17.2. The Morgan fingerprint density at radius 2 is 1.64 bits per heavy atom. The summed E-state index contributed by atoms with van der Waals surface area (Å²) in [4.78, 5) is 30.7. The highest BCUT2D eigenvalue weighted by Crippen LogP contribution is 2.11. The van der Waals surface area contributed by atoms with E-state index in [-0.39, 0.29) is 17.7 Å². The van der Waals surface area contributed by atoms with Gasteiger partial charge in [-0.15, -0.1) is 0 Å². The Kier molecular flexibility index (Phi) is 6.64. The van der Waals surface area contributed by atoms with Gasteiger partial charge in [-0.2, -0.15) is 0 Å². The summed E-state index contributed by atoms with van der Waals surface area (Å²) in [7, 11) is 1.87. The number of carbonyl (C=O) groups is 2. The third-order valence-electron chi connectivity index (χ3n) is 4.65. The van der Waals surface area contributed by atoms with Gasteiger partial charge in [-0.3, -0.25) is 14.5 Å². The molecule has 2 aliphatic rings. The van der Waals surface area contributed by atoms with Crippen LogP contribution in [0.3, 0.4) is 0 Å². The SMILES string of the molecule is CNCC(C)C(=O)N1CCCN(CC(=O)N2CCCC2)CC1. The van der Waals surface area contributed by atoms with E-state index in [1.54, 1.807) is 0 Å². The van der Waals surface area contributed by atoms with E-state index < -0.39 is 0 Å². The second-order valence-corrected chi connectivity index (χ2v) is 6.50. The first-order chi connectivity index (χ1) is 10.6. The summed E-state index contributed by atoms with van der Waals surface area (Å²) in [6.07, 6.45) is 3.22. The van der Waals surface area contributed by atoms with Crippen molar-refractivity contribution in [1.29, 1.82) is 0 Å². The number of hydrogen-bond donors (Lipinski definition) is 1. The van der Waals surface area contributed by atoms with Gasteiger partial charge in [-0.25, -0.2) is 0 Å². The molecular formula is C16H30N4O2. The molecule has 2 heterocycles. The normalized spacial score (nSPS) is 21.7. The lowest BCUT2D eigenvalue weighted by atomic mass is 10.1. The first-order valence-electron chi connectivity index (χ1n) is 8.55. The zero-order valence-corrected chi connectivity index (χ0v) is 14.0. The molecule has 2 fully saturated rings. The van der Waals surface area contributed by atoms with Crippen LogP contribution < -0.4 is 5.32 Å². The molecule has 6 nitrogen and oxygen atoms in total. The van der Waals surface area contributed by atoms with E-state index in [0.29, 0.717) is 13.1 Å². The topological polar surface area (TPSA) is 55.9 Å². The zero-order valence-electron chi connectivity index (χ0n) is 14.0. The van der Waals surface area contributed by atoms with Crippen LogP contribution in [0.1, 0.15) is 26.2 Å². The Hall–Kier alpha value is -1.14. The van der Waals surface area contributed by atoms with Crippen molar-refractivity contribution in [3.05, 3.63) is 0 Å². The molecule has 22 heavy (non-hydrogen) atoms. The second kappa shape index (κ2) is 8.48. The van der Waals surface area contributed by atoms with Gasteiger partial charge in [-0.1, -0.05) is 6.92 Å². The molecule has 0 saturated carbocycles. The second-order valence-electron chi connectivity index (χ2n) is 6.50. The van der Waals surface area contributed by atoms with Crippen LogP contribution in [0.5, 0.6) is 0 Å². The number of rotatable bonds is 5. The summed E-state index contributed by atoms with van der Waals surface area (Å²) >= 11 is 0. The quantitative estimate of drug-likeness (QED) is 0.776. The smallest absolute Gasteiger partial charge is 0.236 e. The van der Waals surface area contributed by atoms with Crippen molar-refractivity contribution in [1.82, 2.24) is 20.0 Å². The van der Waals surface area contributed by atoms with Gasteiger partial charge < -0.3 is 15.1 Å². The van der Waals surface area contributed by atoms with Gasteiger partial charge in [0.15, 0.2) is 0 Å². The maximum Gasteiger partial charge on any atom is 0.236 e. The summed E-state index contributed by atoms with van der Waals surface area (Å²) in [5.41, 5.74) is 0. The molecule has 1 unspecified atom stereocenters. The van der Waals surface area contributed by atoms with Crippen LogP contribution in [0.4, 0.5) is 0 Å². The van der Waals surface area contributed by atoms with Crippen molar-refractivity contribution in [2.24, 2.45) is 5.92 Å². The Morgan fingerprint density at radius 3 is 2.32 bits per heavy atom. The lowest BCUT2D eigenvalue weighted by Crippen LogP contribution is -2.42. The molecular weight excluding hydrogens is 280 g/mol. The van der Waals surface area contributed by atoms with Gasteiger partial charge in [0.05, 0.1) is 6.54 Å². The molecule has 1 atom stereocenters. The molecule has 2 rings (SSSR count). The van der Waals surface area contributed by atoms with Crippen LogP contribution in [-0.2, 0) is 9.59 Å². The van der Waals surface area contributed by atoms with Crippen molar-refractivity contribution in [2.45, 2.75) is 26.2 Å². The van der Waals surface area contributed by atoms with Crippen molar-refractivity contribution in [3.8, 4) is 0 Å². The molecule has 2 saturated heterocycles. The van der Waals surface area contributed by atoms with Crippen LogP contribution in [0, 0.1) is 5.92 Å². The minimum Gasteiger partial charge on any atom is -0.342 e. The van der Waals surface area contributed by atoms with E-state index >= 15 is 0 Å². The zero-order chi connectivity index (χ0) is 15.9. The predicted octanol–water partition coefficient (Wildman–Crippen LogP) is -0.00140. The number of amides is 2. The average molecular weight is 310 g/mol. The maximum atomic E-state index is 12.4. The monoisotopic (exact) mass is 310 g/mol. The molecule has 6 heteroatoms. The van der Waals surface area contributed by atoms with E-state index in [1.807, 2.05) is 23.8 Å². The fourth-order valence-electron chi connectivity index (χ4n) is 3.31. The fourth-order valence-corrected chi connectivity index (χ4v) is 3.31. The standard InChI is InChI=1S/C16H30N4O2/c1-14(12-17-2)16(22)20-9-5-6-18(10-11-20)13-15(21)19-7-3-4-8-19/h14,17H,3-13H2,1-2H3. The molecule has 0 aliphatic carbocycles.